The van der Waals surface area contributed by atoms with Gasteiger partial charge < -0.3 is 14.8 Å². The number of hydrogen-bond acceptors (Lipinski definition) is 6. The first kappa shape index (κ1) is 18.4. The molecule has 0 fully saturated rings. The monoisotopic (exact) mass is 388 g/mol. The van der Waals surface area contributed by atoms with Gasteiger partial charge in [0.2, 0.25) is 0 Å². The summed E-state index contributed by atoms with van der Waals surface area (Å²) in [5.74, 6) is 0.977. The van der Waals surface area contributed by atoms with Gasteiger partial charge in [0.25, 0.3) is 5.91 Å². The van der Waals surface area contributed by atoms with Crippen molar-refractivity contribution in [2.75, 3.05) is 20.8 Å². The molecule has 2 heterocycles. The van der Waals surface area contributed by atoms with Gasteiger partial charge in [-0.2, -0.15) is 0 Å². The molecule has 0 radical (unpaired) electrons. The van der Waals surface area contributed by atoms with Crippen LogP contribution in [0, 0.1) is 6.92 Å². The molecular weight excluding hydrogens is 368 g/mol. The number of hydrogen-bond donors (Lipinski definition) is 1. The summed E-state index contributed by atoms with van der Waals surface area (Å²) in [4.78, 5) is 19.3. The molecule has 1 aromatic carbocycles. The summed E-state index contributed by atoms with van der Waals surface area (Å²) >= 11 is 3.36. The summed E-state index contributed by atoms with van der Waals surface area (Å²) < 4.78 is 10.5. The molecule has 136 valence electrons. The molecule has 3 aromatic rings. The molecule has 0 saturated heterocycles. The maximum absolute atomic E-state index is 12.5. The van der Waals surface area contributed by atoms with Gasteiger partial charge in [0.15, 0.2) is 0 Å². The second-order valence-corrected chi connectivity index (χ2v) is 7.82. The van der Waals surface area contributed by atoms with Crippen molar-refractivity contribution in [1.29, 1.82) is 0 Å². The van der Waals surface area contributed by atoms with Crippen LogP contribution in [0.3, 0.4) is 0 Å². The number of thiophene rings is 1. The predicted octanol–water partition coefficient (Wildman–Crippen LogP) is 4.17. The molecule has 0 unspecified atom stereocenters. The number of carbonyl (C=O) groups excluding carboxylic acids is 1. The van der Waals surface area contributed by atoms with Gasteiger partial charge in [0, 0.05) is 16.8 Å². The Hall–Kier alpha value is -2.38. The number of nitrogens with one attached hydrogen (secondary N) is 1. The van der Waals surface area contributed by atoms with E-state index >= 15 is 0 Å². The summed E-state index contributed by atoms with van der Waals surface area (Å²) in [5, 5.41) is 6.08. The van der Waals surface area contributed by atoms with Crippen LogP contribution in [0.2, 0.25) is 0 Å². The number of ether oxygens (including phenoxy) is 2. The molecule has 0 aliphatic rings. The average Bonchev–Trinajstić information content (AvgIpc) is 3.30. The zero-order chi connectivity index (χ0) is 18.5. The van der Waals surface area contributed by atoms with Crippen molar-refractivity contribution in [3.05, 3.63) is 51.2 Å². The maximum atomic E-state index is 12.5. The molecule has 1 amide bonds. The highest BCUT2D eigenvalue weighted by molar-refractivity contribution is 7.16. The zero-order valence-corrected chi connectivity index (χ0v) is 16.5. The second-order valence-electron chi connectivity index (χ2n) is 5.59. The summed E-state index contributed by atoms with van der Waals surface area (Å²) in [6.07, 6.45) is 0.770. The second kappa shape index (κ2) is 8.33. The summed E-state index contributed by atoms with van der Waals surface area (Å²) in [6.45, 7) is 2.56. The van der Waals surface area contributed by atoms with Crippen molar-refractivity contribution in [2.45, 2.75) is 13.3 Å². The van der Waals surface area contributed by atoms with E-state index in [0.717, 1.165) is 22.0 Å². The highest BCUT2D eigenvalue weighted by Gasteiger charge is 2.13. The lowest BCUT2D eigenvalue weighted by Gasteiger charge is -2.10. The molecule has 3 rings (SSSR count). The molecule has 0 spiro atoms. The smallest absolute Gasteiger partial charge is 0.255 e. The SMILES string of the molecule is COc1ccc(OC)c(C(=O)NCCc2ccc(-c3csc(C)n3)s2)c1. The topological polar surface area (TPSA) is 60.5 Å². The first-order valence-electron chi connectivity index (χ1n) is 8.12. The van der Waals surface area contributed by atoms with Crippen LogP contribution in [0.25, 0.3) is 10.6 Å². The Bertz CT molecular complexity index is 902. The van der Waals surface area contributed by atoms with Crippen LogP contribution in [0.1, 0.15) is 20.2 Å². The van der Waals surface area contributed by atoms with E-state index in [1.165, 1.54) is 4.88 Å². The van der Waals surface area contributed by atoms with E-state index in [1.807, 2.05) is 6.92 Å². The summed E-state index contributed by atoms with van der Waals surface area (Å²) in [5.41, 5.74) is 1.49. The van der Waals surface area contributed by atoms with Crippen molar-refractivity contribution < 1.29 is 14.3 Å². The van der Waals surface area contributed by atoms with Crippen LogP contribution >= 0.6 is 22.7 Å². The largest absolute Gasteiger partial charge is 0.497 e. The minimum absolute atomic E-state index is 0.173. The van der Waals surface area contributed by atoms with E-state index < -0.39 is 0 Å². The molecule has 7 heteroatoms. The average molecular weight is 389 g/mol. The maximum Gasteiger partial charge on any atom is 0.255 e. The Morgan fingerprint density at radius 2 is 2.04 bits per heavy atom. The normalized spacial score (nSPS) is 10.6. The third kappa shape index (κ3) is 4.23. The number of benzene rings is 1. The van der Waals surface area contributed by atoms with Crippen LogP contribution in [-0.4, -0.2) is 31.7 Å². The van der Waals surface area contributed by atoms with Crippen molar-refractivity contribution >= 4 is 28.6 Å². The molecule has 0 bridgehead atoms. The van der Waals surface area contributed by atoms with E-state index in [4.69, 9.17) is 9.47 Å². The number of nitrogens with zero attached hydrogens (tertiary/aromatic N) is 1. The molecule has 5 nitrogen and oxygen atoms in total. The molecule has 0 aliphatic carbocycles. The Kier molecular flexibility index (Phi) is 5.90. The fourth-order valence-electron chi connectivity index (χ4n) is 2.51. The third-order valence-corrected chi connectivity index (χ3v) is 5.78. The van der Waals surface area contributed by atoms with E-state index in [-0.39, 0.29) is 5.91 Å². The molecule has 0 atom stereocenters. The number of carbonyl (C=O) groups is 1. The van der Waals surface area contributed by atoms with Crippen LogP contribution < -0.4 is 14.8 Å². The number of methoxy groups -OCH3 is 2. The van der Waals surface area contributed by atoms with Crippen LogP contribution in [-0.2, 0) is 6.42 Å². The number of aryl methyl sites for hydroxylation is 1. The standard InChI is InChI=1S/C19H20N2O3S2/c1-12-21-16(11-25-12)18-7-5-14(26-18)8-9-20-19(22)15-10-13(23-2)4-6-17(15)24-3/h4-7,10-11H,8-9H2,1-3H3,(H,20,22). The van der Waals surface area contributed by atoms with Crippen molar-refractivity contribution in [3.63, 3.8) is 0 Å². The lowest BCUT2D eigenvalue weighted by atomic mass is 10.1. The van der Waals surface area contributed by atoms with Gasteiger partial charge in [-0.15, -0.1) is 22.7 Å². The third-order valence-electron chi connectivity index (χ3n) is 3.84. The summed E-state index contributed by atoms with van der Waals surface area (Å²) in [7, 11) is 3.12. The zero-order valence-electron chi connectivity index (χ0n) is 14.9. The lowest BCUT2D eigenvalue weighted by molar-refractivity contribution is 0.0951. The fourth-order valence-corrected chi connectivity index (χ4v) is 4.17. The number of aromatic nitrogens is 1. The molecule has 0 aliphatic heterocycles. The van der Waals surface area contributed by atoms with Gasteiger partial charge in [0.05, 0.1) is 35.4 Å². The molecule has 1 N–H and O–H groups in total. The predicted molar refractivity (Wildman–Crippen MR) is 106 cm³/mol. The van der Waals surface area contributed by atoms with Crippen LogP contribution in [0.4, 0.5) is 0 Å². The summed E-state index contributed by atoms with van der Waals surface area (Å²) in [6, 6.07) is 9.36. The van der Waals surface area contributed by atoms with Crippen LogP contribution in [0.5, 0.6) is 11.5 Å². The van der Waals surface area contributed by atoms with Crippen molar-refractivity contribution in [2.24, 2.45) is 0 Å². The van der Waals surface area contributed by atoms with Crippen LogP contribution in [0.15, 0.2) is 35.7 Å². The number of rotatable bonds is 7. The Morgan fingerprint density at radius 3 is 2.73 bits per heavy atom. The van der Waals surface area contributed by atoms with Gasteiger partial charge in [-0.05, 0) is 43.7 Å². The first-order valence-corrected chi connectivity index (χ1v) is 9.81. The first-order chi connectivity index (χ1) is 12.6. The fraction of sp³-hybridized carbons (Fsp3) is 0.263. The minimum Gasteiger partial charge on any atom is -0.497 e. The van der Waals surface area contributed by atoms with Crippen molar-refractivity contribution in [1.82, 2.24) is 10.3 Å². The molecular formula is C19H20N2O3S2. The van der Waals surface area contributed by atoms with Gasteiger partial charge in [-0.1, -0.05) is 0 Å². The van der Waals surface area contributed by atoms with E-state index in [1.54, 1.807) is 55.1 Å². The van der Waals surface area contributed by atoms with E-state index in [2.05, 4.69) is 27.8 Å². The highest BCUT2D eigenvalue weighted by Crippen LogP contribution is 2.29. The highest BCUT2D eigenvalue weighted by atomic mass is 32.1. The Morgan fingerprint density at radius 1 is 1.19 bits per heavy atom. The van der Waals surface area contributed by atoms with Crippen molar-refractivity contribution in [3.8, 4) is 22.1 Å². The minimum atomic E-state index is -0.173. The van der Waals surface area contributed by atoms with Gasteiger partial charge in [-0.3, -0.25) is 4.79 Å². The molecule has 26 heavy (non-hydrogen) atoms. The Balaban J connectivity index is 1.60. The van der Waals surface area contributed by atoms with Gasteiger partial charge in [-0.25, -0.2) is 4.98 Å². The van der Waals surface area contributed by atoms with Gasteiger partial charge >= 0.3 is 0 Å². The quantitative estimate of drug-likeness (QED) is 0.660. The molecule has 2 aromatic heterocycles. The Labute approximate surface area is 160 Å². The van der Waals surface area contributed by atoms with Gasteiger partial charge in [0.1, 0.15) is 11.5 Å². The van der Waals surface area contributed by atoms with E-state index in [0.29, 0.717) is 23.6 Å². The number of amides is 1. The lowest BCUT2D eigenvalue weighted by Crippen LogP contribution is -2.26. The number of thiazole rings is 1. The molecule has 0 saturated carbocycles. The van der Waals surface area contributed by atoms with E-state index in [9.17, 15) is 4.79 Å².